The molecule has 0 radical (unpaired) electrons. The van der Waals surface area contributed by atoms with Crippen molar-refractivity contribution in [2.75, 3.05) is 31.1 Å². The molecular formula is C28H32F3N5O4S2. The second-order valence-electron chi connectivity index (χ2n) is 10.2. The number of nitrogens with one attached hydrogen (secondary N) is 2. The van der Waals surface area contributed by atoms with Gasteiger partial charge in [-0.2, -0.15) is 4.31 Å². The molecule has 0 aliphatic carbocycles. The number of rotatable bonds is 9. The van der Waals surface area contributed by atoms with Crippen LogP contribution in [0.5, 0.6) is 5.75 Å². The van der Waals surface area contributed by atoms with E-state index in [-0.39, 0.29) is 24.5 Å². The molecule has 0 spiro atoms. The minimum absolute atomic E-state index is 0.00453. The topological polar surface area (TPSA) is 104 Å². The summed E-state index contributed by atoms with van der Waals surface area (Å²) in [5, 5.41) is 6.94. The molecule has 1 aromatic heterocycles. The van der Waals surface area contributed by atoms with Crippen molar-refractivity contribution in [1.82, 2.24) is 19.9 Å². The summed E-state index contributed by atoms with van der Waals surface area (Å²) in [4.78, 5) is 21.2. The number of amides is 1. The molecule has 1 saturated heterocycles. The van der Waals surface area contributed by atoms with E-state index in [0.717, 1.165) is 82.2 Å². The lowest BCUT2D eigenvalue weighted by Crippen LogP contribution is -2.60. The third-order valence-electron chi connectivity index (χ3n) is 7.19. The van der Waals surface area contributed by atoms with Crippen molar-refractivity contribution >= 4 is 32.4 Å². The molecule has 5 rings (SSSR count). The average molecular weight is 624 g/mol. The fraction of sp³-hybridized carbons (Fsp3) is 0.429. The fourth-order valence-electron chi connectivity index (χ4n) is 5.06. The highest BCUT2D eigenvalue weighted by molar-refractivity contribution is 7.89. The molecule has 42 heavy (non-hydrogen) atoms. The van der Waals surface area contributed by atoms with Crippen molar-refractivity contribution < 1.29 is 31.1 Å². The maximum absolute atomic E-state index is 13.7. The van der Waals surface area contributed by atoms with E-state index in [9.17, 15) is 26.4 Å². The molecule has 0 bridgehead atoms. The summed E-state index contributed by atoms with van der Waals surface area (Å²) < 4.78 is 70.2. The van der Waals surface area contributed by atoms with Crippen LogP contribution in [0.25, 0.3) is 0 Å². The van der Waals surface area contributed by atoms with Gasteiger partial charge >= 0.3 is 6.36 Å². The summed E-state index contributed by atoms with van der Waals surface area (Å²) in [7, 11) is -4.24. The van der Waals surface area contributed by atoms with Gasteiger partial charge in [-0.05, 0) is 41.8 Å². The highest BCUT2D eigenvalue weighted by atomic mass is 32.2. The molecule has 9 nitrogen and oxygen atoms in total. The van der Waals surface area contributed by atoms with Gasteiger partial charge in [-0.25, -0.2) is 13.4 Å². The molecule has 2 N–H and O–H groups in total. The number of hydrogen-bond donors (Lipinski definition) is 2. The van der Waals surface area contributed by atoms with Crippen LogP contribution in [0, 0.1) is 0 Å². The molecule has 3 aromatic rings. The SMILES string of the molecule is CCCc1ccc(CNC(=O)[C@H]2CN(c3nc4c(s3)CNCC4)CCN2S(=O)(=O)c2ccc(OC(F)(F)F)cc2)cc1. The van der Waals surface area contributed by atoms with Crippen LogP contribution in [0.3, 0.4) is 0 Å². The summed E-state index contributed by atoms with van der Waals surface area (Å²) in [6.45, 7) is 4.25. The summed E-state index contributed by atoms with van der Waals surface area (Å²) >= 11 is 1.53. The zero-order valence-electron chi connectivity index (χ0n) is 23.0. The number of nitrogens with zero attached hydrogens (tertiary/aromatic N) is 3. The van der Waals surface area contributed by atoms with Crippen LogP contribution in [0.1, 0.15) is 35.0 Å². The number of aryl methyl sites for hydroxylation is 1. The number of piperazine rings is 1. The lowest BCUT2D eigenvalue weighted by molar-refractivity contribution is -0.274. The van der Waals surface area contributed by atoms with E-state index in [4.69, 9.17) is 4.98 Å². The zero-order chi connectivity index (χ0) is 29.9. The Morgan fingerprint density at radius 1 is 1.12 bits per heavy atom. The zero-order valence-corrected chi connectivity index (χ0v) is 24.6. The van der Waals surface area contributed by atoms with Crippen LogP contribution >= 0.6 is 11.3 Å². The molecular weight excluding hydrogens is 591 g/mol. The first-order valence-electron chi connectivity index (χ1n) is 13.7. The van der Waals surface area contributed by atoms with Crippen LogP contribution in [-0.2, 0) is 40.7 Å². The van der Waals surface area contributed by atoms with E-state index >= 15 is 0 Å². The molecule has 1 fully saturated rings. The number of halogens is 3. The number of anilines is 1. The predicted molar refractivity (Wildman–Crippen MR) is 153 cm³/mol. The maximum atomic E-state index is 13.7. The van der Waals surface area contributed by atoms with E-state index in [1.165, 1.54) is 16.9 Å². The molecule has 0 unspecified atom stereocenters. The van der Waals surface area contributed by atoms with Gasteiger partial charge in [-0.1, -0.05) is 37.6 Å². The largest absolute Gasteiger partial charge is 0.573 e. The maximum Gasteiger partial charge on any atom is 0.573 e. The van der Waals surface area contributed by atoms with Crippen LogP contribution in [0.15, 0.2) is 53.4 Å². The smallest absolute Gasteiger partial charge is 0.406 e. The van der Waals surface area contributed by atoms with Crippen molar-refractivity contribution in [3.63, 3.8) is 0 Å². The van der Waals surface area contributed by atoms with E-state index in [0.29, 0.717) is 6.54 Å². The number of aromatic nitrogens is 1. The molecule has 2 aromatic carbocycles. The number of sulfonamides is 1. The normalized spacial score (nSPS) is 18.0. The predicted octanol–water partition coefficient (Wildman–Crippen LogP) is 3.84. The minimum atomic E-state index is -4.90. The Hall–Kier alpha value is -3.20. The van der Waals surface area contributed by atoms with Gasteiger partial charge in [0.15, 0.2) is 5.13 Å². The Balaban J connectivity index is 1.37. The van der Waals surface area contributed by atoms with Crippen LogP contribution < -0.4 is 20.3 Å². The molecule has 1 amide bonds. The first-order chi connectivity index (χ1) is 20.0. The van der Waals surface area contributed by atoms with Crippen LogP contribution in [0.4, 0.5) is 18.3 Å². The molecule has 0 saturated carbocycles. The van der Waals surface area contributed by atoms with Gasteiger partial charge in [-0.15, -0.1) is 24.5 Å². The van der Waals surface area contributed by atoms with E-state index in [2.05, 4.69) is 22.3 Å². The monoisotopic (exact) mass is 623 g/mol. The molecule has 3 heterocycles. The summed E-state index contributed by atoms with van der Waals surface area (Å²) in [5.74, 6) is -1.01. The van der Waals surface area contributed by atoms with Gasteiger partial charge in [0, 0.05) is 50.6 Å². The van der Waals surface area contributed by atoms with Crippen molar-refractivity contribution in [1.29, 1.82) is 0 Å². The second kappa shape index (κ2) is 12.6. The van der Waals surface area contributed by atoms with Crippen LogP contribution in [-0.4, -0.2) is 62.2 Å². The van der Waals surface area contributed by atoms with Crippen molar-refractivity contribution in [2.24, 2.45) is 0 Å². The number of carbonyl (C=O) groups excluding carboxylic acids is 1. The summed E-state index contributed by atoms with van der Waals surface area (Å²) in [6.07, 6.45) is -2.12. The lowest BCUT2D eigenvalue weighted by atomic mass is 10.1. The number of hydrogen-bond acceptors (Lipinski definition) is 8. The quantitative estimate of drug-likeness (QED) is 0.374. The van der Waals surface area contributed by atoms with E-state index in [1.807, 2.05) is 29.2 Å². The first-order valence-corrected chi connectivity index (χ1v) is 16.0. The number of benzene rings is 2. The number of thiazole rings is 1. The number of ether oxygens (including phenoxy) is 1. The van der Waals surface area contributed by atoms with Gasteiger partial charge in [-0.3, -0.25) is 4.79 Å². The highest BCUT2D eigenvalue weighted by Gasteiger charge is 2.41. The van der Waals surface area contributed by atoms with Gasteiger partial charge < -0.3 is 20.3 Å². The van der Waals surface area contributed by atoms with Crippen LogP contribution in [0.2, 0.25) is 0 Å². The molecule has 2 aliphatic heterocycles. The third kappa shape index (κ3) is 7.05. The van der Waals surface area contributed by atoms with Crippen molar-refractivity contribution in [2.45, 2.75) is 56.6 Å². The van der Waals surface area contributed by atoms with E-state index < -0.39 is 34.1 Å². The summed E-state index contributed by atoms with van der Waals surface area (Å²) in [5.41, 5.74) is 3.09. The summed E-state index contributed by atoms with van der Waals surface area (Å²) in [6, 6.07) is 10.8. The van der Waals surface area contributed by atoms with E-state index in [1.54, 1.807) is 0 Å². The Morgan fingerprint density at radius 2 is 1.83 bits per heavy atom. The molecule has 2 aliphatic rings. The number of alkyl halides is 3. The molecule has 1 atom stereocenters. The highest BCUT2D eigenvalue weighted by Crippen LogP contribution is 2.32. The van der Waals surface area contributed by atoms with Crippen molar-refractivity contribution in [3.8, 4) is 5.75 Å². The first kappa shape index (κ1) is 30.3. The lowest BCUT2D eigenvalue weighted by Gasteiger charge is -2.39. The third-order valence-corrected chi connectivity index (χ3v) is 10.3. The Kier molecular flexibility index (Phi) is 9.06. The standard InChI is InChI=1S/C28H32F3N5O4S2/c1-2-3-19-4-6-20(7-5-19)16-33-26(37)24-18-35(27-34-23-12-13-32-17-25(23)41-27)14-15-36(24)42(38,39)22-10-8-21(9-11-22)40-28(29,30)31/h4-11,24,32H,2-3,12-18H2,1H3,(H,33,37)/t24-/m1/s1. The van der Waals surface area contributed by atoms with Gasteiger partial charge in [0.1, 0.15) is 11.8 Å². The van der Waals surface area contributed by atoms with Gasteiger partial charge in [0.2, 0.25) is 15.9 Å². The Labute approximate surface area is 246 Å². The minimum Gasteiger partial charge on any atom is -0.406 e. The second-order valence-corrected chi connectivity index (χ2v) is 13.1. The van der Waals surface area contributed by atoms with Gasteiger partial charge in [0.05, 0.1) is 10.6 Å². The molecule has 226 valence electrons. The Bertz CT molecular complexity index is 1470. The number of carbonyl (C=O) groups is 1. The van der Waals surface area contributed by atoms with Crippen molar-refractivity contribution in [3.05, 3.63) is 70.2 Å². The average Bonchev–Trinajstić information content (AvgIpc) is 3.40. The number of fused-ring (bicyclic) bond motifs is 1. The van der Waals surface area contributed by atoms with Gasteiger partial charge in [0.25, 0.3) is 0 Å². The Morgan fingerprint density at radius 3 is 2.50 bits per heavy atom. The fourth-order valence-corrected chi connectivity index (χ4v) is 7.74. The molecule has 14 heteroatoms.